The highest BCUT2D eigenvalue weighted by Crippen LogP contribution is 2.31. The first-order valence-corrected chi connectivity index (χ1v) is 12.7. The molecule has 5 rings (SSSR count). The second-order valence-electron chi connectivity index (χ2n) is 8.98. The molecule has 1 atom stereocenters. The van der Waals surface area contributed by atoms with Gasteiger partial charge in [-0.05, 0) is 54.6 Å². The predicted molar refractivity (Wildman–Crippen MR) is 154 cm³/mol. The zero-order valence-electron chi connectivity index (χ0n) is 22.3. The van der Waals surface area contributed by atoms with Gasteiger partial charge in [0, 0.05) is 29.8 Å². The molecule has 3 N–H and O–H groups in total. The molecule has 0 aliphatic heterocycles. The van der Waals surface area contributed by atoms with Gasteiger partial charge >= 0.3 is 5.97 Å². The second kappa shape index (κ2) is 11.2. The van der Waals surface area contributed by atoms with E-state index < -0.39 is 12.0 Å². The molecule has 0 saturated heterocycles. The van der Waals surface area contributed by atoms with Gasteiger partial charge in [0.25, 0.3) is 5.56 Å². The summed E-state index contributed by atoms with van der Waals surface area (Å²) in [6.45, 7) is 3.82. The summed E-state index contributed by atoms with van der Waals surface area (Å²) in [4.78, 5) is 39.1. The summed E-state index contributed by atoms with van der Waals surface area (Å²) in [6, 6.07) is 20.4. The minimum absolute atomic E-state index is 0.000433. The van der Waals surface area contributed by atoms with Gasteiger partial charge in [0.2, 0.25) is 11.8 Å². The molecule has 0 spiro atoms. The van der Waals surface area contributed by atoms with Crippen molar-refractivity contribution in [3.8, 4) is 22.7 Å². The van der Waals surface area contributed by atoms with E-state index in [1.807, 2.05) is 67.6 Å². The highest BCUT2D eigenvalue weighted by Gasteiger charge is 2.20. The fourth-order valence-corrected chi connectivity index (χ4v) is 4.57. The normalized spacial score (nSPS) is 11.7. The summed E-state index contributed by atoms with van der Waals surface area (Å²) in [5.74, 6) is 0.0811. The Bertz CT molecular complexity index is 1750. The molecule has 202 valence electrons. The predicted octanol–water partition coefficient (Wildman–Crippen LogP) is 4.78. The van der Waals surface area contributed by atoms with Crippen LogP contribution in [-0.2, 0) is 4.74 Å². The Morgan fingerprint density at radius 3 is 2.60 bits per heavy atom. The van der Waals surface area contributed by atoms with Crippen molar-refractivity contribution in [2.24, 2.45) is 0 Å². The van der Waals surface area contributed by atoms with Crippen molar-refractivity contribution in [1.82, 2.24) is 19.5 Å². The molecule has 0 saturated carbocycles. The summed E-state index contributed by atoms with van der Waals surface area (Å²) in [5.41, 5.74) is 8.90. The Balaban J connectivity index is 1.64. The van der Waals surface area contributed by atoms with Crippen LogP contribution in [-0.4, -0.2) is 39.2 Å². The summed E-state index contributed by atoms with van der Waals surface area (Å²) in [7, 11) is 1.56. The third kappa shape index (κ3) is 5.06. The van der Waals surface area contributed by atoms with Crippen LogP contribution in [0.15, 0.2) is 83.9 Å². The van der Waals surface area contributed by atoms with Crippen molar-refractivity contribution in [2.45, 2.75) is 19.9 Å². The van der Waals surface area contributed by atoms with Crippen molar-refractivity contribution in [3.63, 3.8) is 0 Å². The number of fused-ring (bicyclic) bond motifs is 1. The fraction of sp³-hybridized carbons (Fsp3) is 0.167. The van der Waals surface area contributed by atoms with E-state index in [1.165, 1.54) is 6.20 Å². The first-order valence-electron chi connectivity index (χ1n) is 12.7. The molecular formula is C30H28N6O4. The molecule has 3 heterocycles. The number of esters is 1. The maximum atomic E-state index is 14.3. The number of carbonyl (C=O) groups excluding carboxylic acids is 1. The van der Waals surface area contributed by atoms with E-state index in [9.17, 15) is 9.59 Å². The summed E-state index contributed by atoms with van der Waals surface area (Å²) >= 11 is 0. The number of nitrogen functional groups attached to an aromatic ring is 1. The number of ether oxygens (including phenoxy) is 2. The molecule has 0 aliphatic carbocycles. The van der Waals surface area contributed by atoms with Gasteiger partial charge in [-0.15, -0.1) is 0 Å². The lowest BCUT2D eigenvalue weighted by Gasteiger charge is -2.22. The van der Waals surface area contributed by atoms with Gasteiger partial charge in [0.05, 0.1) is 25.1 Å². The molecule has 3 aromatic heterocycles. The third-order valence-corrected chi connectivity index (χ3v) is 6.45. The molecule has 10 nitrogen and oxygen atoms in total. The van der Waals surface area contributed by atoms with Gasteiger partial charge in [0.1, 0.15) is 11.4 Å². The number of rotatable bonds is 8. The lowest BCUT2D eigenvalue weighted by Crippen LogP contribution is -2.26. The first kappa shape index (κ1) is 26.4. The fourth-order valence-electron chi connectivity index (χ4n) is 4.57. The average Bonchev–Trinajstić information content (AvgIpc) is 2.97. The maximum absolute atomic E-state index is 14.3. The van der Waals surface area contributed by atoms with Gasteiger partial charge in [-0.3, -0.25) is 9.36 Å². The molecule has 5 aromatic rings. The molecule has 10 heteroatoms. The van der Waals surface area contributed by atoms with Crippen LogP contribution in [0.2, 0.25) is 0 Å². The van der Waals surface area contributed by atoms with E-state index in [-0.39, 0.29) is 29.5 Å². The molecule has 0 aliphatic rings. The second-order valence-corrected chi connectivity index (χ2v) is 8.98. The van der Waals surface area contributed by atoms with E-state index in [0.29, 0.717) is 22.6 Å². The largest absolute Gasteiger partial charge is 0.481 e. The number of pyridine rings is 2. The lowest BCUT2D eigenvalue weighted by atomic mass is 9.98. The van der Waals surface area contributed by atoms with Crippen LogP contribution < -0.4 is 21.3 Å². The van der Waals surface area contributed by atoms with Crippen LogP contribution in [0.5, 0.6) is 5.88 Å². The van der Waals surface area contributed by atoms with Gasteiger partial charge in [-0.2, -0.15) is 4.98 Å². The standard InChI is InChI=1S/C30H28N6O4/c1-4-40-29(38)23-17-33-30(35-27(23)31)34-18(2)24-15-20-9-8-12-22(19-13-14-32-25(16-19)39-3)26(20)28(37)36(24)21-10-6-5-7-11-21/h5-18H,4H2,1-3H3,(H3,31,33,34,35). The lowest BCUT2D eigenvalue weighted by molar-refractivity contribution is 0.0527. The average molecular weight is 537 g/mol. The van der Waals surface area contributed by atoms with E-state index in [2.05, 4.69) is 20.3 Å². The van der Waals surface area contributed by atoms with Crippen LogP contribution in [0.25, 0.3) is 27.6 Å². The molecule has 0 bridgehead atoms. The highest BCUT2D eigenvalue weighted by molar-refractivity contribution is 5.97. The molecule has 0 radical (unpaired) electrons. The van der Waals surface area contributed by atoms with E-state index in [1.54, 1.807) is 30.9 Å². The zero-order valence-corrected chi connectivity index (χ0v) is 22.3. The Morgan fingerprint density at radius 2 is 1.88 bits per heavy atom. The number of hydrogen-bond acceptors (Lipinski definition) is 9. The molecule has 0 fully saturated rings. The van der Waals surface area contributed by atoms with Crippen molar-refractivity contribution in [2.75, 3.05) is 24.8 Å². The van der Waals surface area contributed by atoms with Gasteiger partial charge < -0.3 is 20.5 Å². The van der Waals surface area contributed by atoms with Gasteiger partial charge in [-0.25, -0.2) is 14.8 Å². The Hall–Kier alpha value is -5.25. The summed E-state index contributed by atoms with van der Waals surface area (Å²) < 4.78 is 12.0. The Kier molecular flexibility index (Phi) is 7.41. The number of nitrogens with zero attached hydrogens (tertiary/aromatic N) is 4. The first-order chi connectivity index (χ1) is 19.4. The smallest absolute Gasteiger partial charge is 0.343 e. The Labute approximate surface area is 230 Å². The minimum atomic E-state index is -0.588. The van der Waals surface area contributed by atoms with E-state index in [0.717, 1.165) is 16.5 Å². The molecule has 2 aromatic carbocycles. The number of nitrogens with two attached hydrogens (primary N) is 1. The van der Waals surface area contributed by atoms with Gasteiger partial charge in [0.15, 0.2) is 0 Å². The van der Waals surface area contributed by atoms with Crippen molar-refractivity contribution >= 4 is 28.5 Å². The van der Waals surface area contributed by atoms with Crippen LogP contribution in [0.4, 0.5) is 11.8 Å². The zero-order chi connectivity index (χ0) is 28.2. The van der Waals surface area contributed by atoms with E-state index >= 15 is 0 Å². The summed E-state index contributed by atoms with van der Waals surface area (Å²) in [6.07, 6.45) is 2.98. The van der Waals surface area contributed by atoms with Crippen LogP contribution in [0.3, 0.4) is 0 Å². The van der Waals surface area contributed by atoms with Crippen molar-refractivity contribution in [1.29, 1.82) is 0 Å². The van der Waals surface area contributed by atoms with E-state index in [4.69, 9.17) is 15.2 Å². The van der Waals surface area contributed by atoms with Crippen molar-refractivity contribution in [3.05, 3.63) is 101 Å². The Morgan fingerprint density at radius 1 is 1.07 bits per heavy atom. The quantitative estimate of drug-likeness (QED) is 0.269. The molecule has 0 amide bonds. The van der Waals surface area contributed by atoms with Crippen LogP contribution in [0.1, 0.15) is 35.9 Å². The third-order valence-electron chi connectivity index (χ3n) is 6.45. The topological polar surface area (TPSA) is 134 Å². The summed E-state index contributed by atoms with van der Waals surface area (Å²) in [5, 5.41) is 4.56. The van der Waals surface area contributed by atoms with Crippen molar-refractivity contribution < 1.29 is 14.3 Å². The SMILES string of the molecule is CCOC(=O)c1cnc(NC(C)c2cc3cccc(-c4ccnc(OC)c4)c3c(=O)n2-c2ccccc2)nc1N. The number of aromatic nitrogens is 4. The molecule has 40 heavy (non-hydrogen) atoms. The number of methoxy groups -OCH3 is 1. The monoisotopic (exact) mass is 536 g/mol. The number of hydrogen-bond donors (Lipinski definition) is 2. The minimum Gasteiger partial charge on any atom is -0.481 e. The molecular weight excluding hydrogens is 508 g/mol. The highest BCUT2D eigenvalue weighted by atomic mass is 16.5. The number of carbonyl (C=O) groups is 1. The van der Waals surface area contributed by atoms with Crippen LogP contribution >= 0.6 is 0 Å². The molecule has 1 unspecified atom stereocenters. The number of para-hydroxylation sites is 1. The van der Waals surface area contributed by atoms with Gasteiger partial charge in [-0.1, -0.05) is 36.4 Å². The number of nitrogens with one attached hydrogen (secondary N) is 1. The number of anilines is 2. The van der Waals surface area contributed by atoms with Crippen LogP contribution in [0, 0.1) is 0 Å². The number of benzene rings is 2. The maximum Gasteiger partial charge on any atom is 0.343 e.